The standard InChI is InChI=1S/C28H32N4.2HI/c1(3-5-19-31-21-11-27(12-22-31)25-7-15-29-16-8-25)2-4-6-20-32-23-13-28(14-24-32)26-9-17-30-18-10-26;;/h7-18,21-24H,1-6,19-20H2;2*1H/q+2;;/p-2. The Labute approximate surface area is 237 Å². The van der Waals surface area contributed by atoms with E-state index in [2.05, 4.69) is 92.4 Å². The molecule has 6 heteroatoms. The van der Waals surface area contributed by atoms with Gasteiger partial charge >= 0.3 is 0 Å². The van der Waals surface area contributed by atoms with Gasteiger partial charge in [0, 0.05) is 61.9 Å². The van der Waals surface area contributed by atoms with E-state index in [0.717, 1.165) is 13.1 Å². The first-order valence-corrected chi connectivity index (χ1v) is 11.7. The number of aryl methyl sites for hydroxylation is 2. The molecule has 0 aliphatic carbocycles. The fourth-order valence-electron chi connectivity index (χ4n) is 3.98. The predicted molar refractivity (Wildman–Crippen MR) is 127 cm³/mol. The molecule has 4 aromatic rings. The van der Waals surface area contributed by atoms with Gasteiger partial charge in [-0.15, -0.1) is 0 Å². The van der Waals surface area contributed by atoms with Crippen molar-refractivity contribution in [1.82, 2.24) is 9.97 Å². The summed E-state index contributed by atoms with van der Waals surface area (Å²) in [4.78, 5) is 8.17. The Morgan fingerprint density at radius 2 is 0.706 bits per heavy atom. The smallest absolute Gasteiger partial charge is 0.169 e. The van der Waals surface area contributed by atoms with Gasteiger partial charge in [-0.25, -0.2) is 9.13 Å². The third-order valence-corrected chi connectivity index (χ3v) is 5.89. The topological polar surface area (TPSA) is 33.5 Å². The maximum absolute atomic E-state index is 4.09. The van der Waals surface area contributed by atoms with Gasteiger partial charge in [0.2, 0.25) is 0 Å². The summed E-state index contributed by atoms with van der Waals surface area (Å²) in [5.74, 6) is 0. The molecule has 0 atom stereocenters. The van der Waals surface area contributed by atoms with Crippen LogP contribution in [0.2, 0.25) is 0 Å². The molecule has 0 spiro atoms. The van der Waals surface area contributed by atoms with Crippen LogP contribution in [0, 0.1) is 0 Å². The number of pyridine rings is 4. The fourth-order valence-corrected chi connectivity index (χ4v) is 3.98. The molecule has 4 rings (SSSR count). The fraction of sp³-hybridized carbons (Fsp3) is 0.286. The summed E-state index contributed by atoms with van der Waals surface area (Å²) in [6.07, 6.45) is 23.8. The van der Waals surface area contributed by atoms with Gasteiger partial charge in [0.05, 0.1) is 0 Å². The molecule has 0 fully saturated rings. The van der Waals surface area contributed by atoms with E-state index < -0.39 is 0 Å². The second-order valence-corrected chi connectivity index (χ2v) is 8.24. The van der Waals surface area contributed by atoms with Crippen LogP contribution in [0.1, 0.15) is 38.5 Å². The highest BCUT2D eigenvalue weighted by molar-refractivity contribution is 5.61. The Bertz CT molecular complexity index is 968. The maximum Gasteiger partial charge on any atom is 0.169 e. The second kappa shape index (κ2) is 15.9. The minimum Gasteiger partial charge on any atom is -1.00 e. The molecule has 0 radical (unpaired) electrons. The lowest BCUT2D eigenvalue weighted by Gasteiger charge is -2.02. The third kappa shape index (κ3) is 9.02. The van der Waals surface area contributed by atoms with Crippen LogP contribution < -0.4 is 57.1 Å². The first-order chi connectivity index (χ1) is 15.9. The summed E-state index contributed by atoms with van der Waals surface area (Å²) in [6, 6.07) is 17.0. The van der Waals surface area contributed by atoms with E-state index >= 15 is 0 Å². The molecule has 0 amide bonds. The van der Waals surface area contributed by atoms with E-state index in [4.69, 9.17) is 0 Å². The van der Waals surface area contributed by atoms with Crippen molar-refractivity contribution in [3.8, 4) is 22.3 Å². The van der Waals surface area contributed by atoms with Crippen molar-refractivity contribution in [2.75, 3.05) is 0 Å². The highest BCUT2D eigenvalue weighted by Crippen LogP contribution is 2.17. The van der Waals surface area contributed by atoms with E-state index in [9.17, 15) is 0 Å². The number of unbranched alkanes of at least 4 members (excludes halogenated alkanes) is 5. The average molecular weight is 678 g/mol. The van der Waals surface area contributed by atoms with E-state index in [-0.39, 0.29) is 48.0 Å². The van der Waals surface area contributed by atoms with Crippen LogP contribution in [0.15, 0.2) is 98.1 Å². The van der Waals surface area contributed by atoms with Gasteiger partial charge in [0.15, 0.2) is 24.8 Å². The molecule has 0 aliphatic heterocycles. The largest absolute Gasteiger partial charge is 1.00 e. The number of aromatic nitrogens is 4. The number of rotatable bonds is 11. The van der Waals surface area contributed by atoms with Crippen LogP contribution in [-0.2, 0) is 13.1 Å². The first-order valence-electron chi connectivity index (χ1n) is 11.7. The number of hydrogen-bond donors (Lipinski definition) is 0. The molecule has 0 unspecified atom stereocenters. The Morgan fingerprint density at radius 3 is 1.06 bits per heavy atom. The Hall–Kier alpha value is -1.94. The summed E-state index contributed by atoms with van der Waals surface area (Å²) in [6.45, 7) is 2.19. The van der Waals surface area contributed by atoms with Crippen molar-refractivity contribution < 1.29 is 57.1 Å². The van der Waals surface area contributed by atoms with Crippen LogP contribution in [-0.4, -0.2) is 9.97 Å². The molecule has 4 aromatic heterocycles. The van der Waals surface area contributed by atoms with Crippen molar-refractivity contribution in [3.63, 3.8) is 0 Å². The van der Waals surface area contributed by atoms with E-state index in [1.807, 2.05) is 24.8 Å². The number of nitrogens with zero attached hydrogens (tertiary/aromatic N) is 4. The van der Waals surface area contributed by atoms with Gasteiger partial charge in [-0.2, -0.15) is 0 Å². The molecule has 178 valence electrons. The predicted octanol–water partition coefficient (Wildman–Crippen LogP) is -0.566. The lowest BCUT2D eigenvalue weighted by Crippen LogP contribution is -3.00. The molecule has 4 nitrogen and oxygen atoms in total. The average Bonchev–Trinajstić information content (AvgIpc) is 2.87. The Balaban J connectivity index is 0.00000204. The van der Waals surface area contributed by atoms with Crippen LogP contribution in [0.4, 0.5) is 0 Å². The van der Waals surface area contributed by atoms with Gasteiger partial charge in [-0.1, -0.05) is 12.8 Å². The van der Waals surface area contributed by atoms with E-state index in [1.54, 1.807) is 0 Å². The molecule has 34 heavy (non-hydrogen) atoms. The normalized spacial score (nSPS) is 10.2. The molecule has 0 bridgehead atoms. The van der Waals surface area contributed by atoms with E-state index in [1.165, 1.54) is 60.8 Å². The lowest BCUT2D eigenvalue weighted by atomic mass is 10.1. The number of hydrogen-bond acceptors (Lipinski definition) is 2. The summed E-state index contributed by atoms with van der Waals surface area (Å²) in [5, 5.41) is 0. The van der Waals surface area contributed by atoms with Crippen molar-refractivity contribution in [2.45, 2.75) is 51.6 Å². The number of halogens is 2. The van der Waals surface area contributed by atoms with Crippen molar-refractivity contribution in [3.05, 3.63) is 98.1 Å². The van der Waals surface area contributed by atoms with Crippen LogP contribution in [0.5, 0.6) is 0 Å². The van der Waals surface area contributed by atoms with Crippen molar-refractivity contribution in [2.24, 2.45) is 0 Å². The van der Waals surface area contributed by atoms with Gasteiger partial charge in [-0.05, 0) is 59.4 Å². The second-order valence-electron chi connectivity index (χ2n) is 8.24. The zero-order chi connectivity index (χ0) is 21.8. The zero-order valence-electron chi connectivity index (χ0n) is 19.4. The SMILES string of the molecule is [I-].[I-].c1cc(-c2cc[n+](CCCCCCCC[n+]3ccc(-c4ccncc4)cc3)cc2)ccn1. The summed E-state index contributed by atoms with van der Waals surface area (Å²) >= 11 is 0. The monoisotopic (exact) mass is 678 g/mol. The minimum atomic E-state index is 0. The molecule has 0 aromatic carbocycles. The van der Waals surface area contributed by atoms with Crippen LogP contribution in [0.3, 0.4) is 0 Å². The lowest BCUT2D eigenvalue weighted by molar-refractivity contribution is -0.697. The van der Waals surface area contributed by atoms with Crippen molar-refractivity contribution in [1.29, 1.82) is 0 Å². The van der Waals surface area contributed by atoms with Gasteiger partial charge < -0.3 is 48.0 Å². The summed E-state index contributed by atoms with van der Waals surface area (Å²) in [7, 11) is 0. The molecule has 0 saturated heterocycles. The quantitative estimate of drug-likeness (QED) is 0.121. The van der Waals surface area contributed by atoms with Gasteiger partial charge in [-0.3, -0.25) is 9.97 Å². The molecule has 0 aliphatic rings. The van der Waals surface area contributed by atoms with Crippen molar-refractivity contribution >= 4 is 0 Å². The molecule has 0 N–H and O–H groups in total. The summed E-state index contributed by atoms with van der Waals surface area (Å²) in [5.41, 5.74) is 4.92. The highest BCUT2D eigenvalue weighted by atomic mass is 127. The first kappa shape index (κ1) is 28.3. The zero-order valence-corrected chi connectivity index (χ0v) is 23.8. The third-order valence-electron chi connectivity index (χ3n) is 5.89. The van der Waals surface area contributed by atoms with Crippen LogP contribution >= 0.6 is 0 Å². The molecular formula is C28H32I2N4. The maximum atomic E-state index is 4.09. The van der Waals surface area contributed by atoms with Gasteiger partial charge in [0.25, 0.3) is 0 Å². The highest BCUT2D eigenvalue weighted by Gasteiger charge is 2.04. The minimum absolute atomic E-state index is 0. The Morgan fingerprint density at radius 1 is 0.412 bits per heavy atom. The molecule has 4 heterocycles. The van der Waals surface area contributed by atoms with E-state index in [0.29, 0.717) is 0 Å². The Kier molecular flexibility index (Phi) is 13.2. The van der Waals surface area contributed by atoms with Crippen LogP contribution in [0.25, 0.3) is 22.3 Å². The molecular weight excluding hydrogens is 646 g/mol. The van der Waals surface area contributed by atoms with Gasteiger partial charge in [0.1, 0.15) is 13.1 Å². The summed E-state index contributed by atoms with van der Waals surface area (Å²) < 4.78 is 4.58. The molecule has 0 saturated carbocycles.